The van der Waals surface area contributed by atoms with E-state index in [0.29, 0.717) is 13.2 Å². The molecule has 0 aliphatic carbocycles. The molecule has 0 saturated carbocycles. The van der Waals surface area contributed by atoms with Crippen LogP contribution in [0.3, 0.4) is 0 Å². The lowest BCUT2D eigenvalue weighted by atomic mass is 9.95. The van der Waals surface area contributed by atoms with Gasteiger partial charge in [0.05, 0.1) is 13.2 Å². The lowest BCUT2D eigenvalue weighted by Gasteiger charge is -2.34. The van der Waals surface area contributed by atoms with Crippen molar-refractivity contribution in [1.82, 2.24) is 0 Å². The first-order valence-corrected chi connectivity index (χ1v) is 4.40. The SMILES string of the molecule is C/C(=C/C=O)C1OCC(C)(C)CO1. The van der Waals surface area contributed by atoms with Crippen molar-refractivity contribution in [2.75, 3.05) is 13.2 Å². The Bertz CT molecular complexity index is 208. The Hall–Kier alpha value is -0.670. The van der Waals surface area contributed by atoms with Crippen molar-refractivity contribution in [1.29, 1.82) is 0 Å². The van der Waals surface area contributed by atoms with Gasteiger partial charge in [-0.3, -0.25) is 4.79 Å². The maximum Gasteiger partial charge on any atom is 0.179 e. The molecular weight excluding hydrogens is 168 g/mol. The summed E-state index contributed by atoms with van der Waals surface area (Å²) in [5, 5.41) is 0. The van der Waals surface area contributed by atoms with Crippen LogP contribution in [0, 0.1) is 5.41 Å². The number of ether oxygens (including phenoxy) is 2. The van der Waals surface area contributed by atoms with E-state index < -0.39 is 0 Å². The van der Waals surface area contributed by atoms with Gasteiger partial charge in [-0.2, -0.15) is 0 Å². The molecule has 0 aromatic heterocycles. The van der Waals surface area contributed by atoms with Gasteiger partial charge in [-0.05, 0) is 18.6 Å². The third-order valence-corrected chi connectivity index (χ3v) is 1.95. The first kappa shape index (κ1) is 10.4. The van der Waals surface area contributed by atoms with Crippen LogP contribution in [0.15, 0.2) is 11.6 Å². The van der Waals surface area contributed by atoms with Crippen molar-refractivity contribution in [2.45, 2.75) is 27.1 Å². The van der Waals surface area contributed by atoms with Crippen molar-refractivity contribution in [3.63, 3.8) is 0 Å². The average molecular weight is 184 g/mol. The van der Waals surface area contributed by atoms with Crippen LogP contribution in [-0.4, -0.2) is 25.8 Å². The van der Waals surface area contributed by atoms with Crippen LogP contribution in [0.5, 0.6) is 0 Å². The fraction of sp³-hybridized carbons (Fsp3) is 0.700. The van der Waals surface area contributed by atoms with Crippen molar-refractivity contribution in [3.8, 4) is 0 Å². The fourth-order valence-corrected chi connectivity index (χ4v) is 1.14. The number of carbonyl (C=O) groups excluding carboxylic acids is 1. The molecule has 13 heavy (non-hydrogen) atoms. The largest absolute Gasteiger partial charge is 0.348 e. The summed E-state index contributed by atoms with van der Waals surface area (Å²) < 4.78 is 10.9. The number of carbonyl (C=O) groups is 1. The molecule has 1 saturated heterocycles. The zero-order valence-corrected chi connectivity index (χ0v) is 8.37. The summed E-state index contributed by atoms with van der Waals surface area (Å²) in [6.07, 6.45) is 1.89. The van der Waals surface area contributed by atoms with Crippen LogP contribution in [0.25, 0.3) is 0 Å². The van der Waals surface area contributed by atoms with Gasteiger partial charge < -0.3 is 9.47 Å². The second-order valence-electron chi connectivity index (χ2n) is 4.16. The summed E-state index contributed by atoms with van der Waals surface area (Å²) >= 11 is 0. The normalized spacial score (nSPS) is 24.4. The molecular formula is C10H16O3. The standard InChI is InChI=1S/C10H16O3/c1-8(4-5-11)9-12-6-10(2,3)7-13-9/h4-5,9H,6-7H2,1-3H3/b8-4-. The Morgan fingerprint density at radius 1 is 1.38 bits per heavy atom. The van der Waals surface area contributed by atoms with E-state index in [2.05, 4.69) is 13.8 Å². The summed E-state index contributed by atoms with van der Waals surface area (Å²) in [6, 6.07) is 0. The monoisotopic (exact) mass is 184 g/mol. The Morgan fingerprint density at radius 3 is 2.38 bits per heavy atom. The smallest absolute Gasteiger partial charge is 0.179 e. The summed E-state index contributed by atoms with van der Waals surface area (Å²) in [7, 11) is 0. The van der Waals surface area contributed by atoms with Crippen LogP contribution in [-0.2, 0) is 14.3 Å². The molecule has 0 aromatic carbocycles. The van der Waals surface area contributed by atoms with Crippen molar-refractivity contribution >= 4 is 6.29 Å². The molecule has 0 amide bonds. The summed E-state index contributed by atoms with van der Waals surface area (Å²) in [6.45, 7) is 7.34. The topological polar surface area (TPSA) is 35.5 Å². The van der Waals surface area contributed by atoms with E-state index in [1.807, 2.05) is 6.92 Å². The summed E-state index contributed by atoms with van der Waals surface area (Å²) in [5.41, 5.74) is 0.906. The van der Waals surface area contributed by atoms with Gasteiger partial charge in [-0.15, -0.1) is 0 Å². The zero-order valence-electron chi connectivity index (χ0n) is 8.37. The lowest BCUT2D eigenvalue weighted by Crippen LogP contribution is -2.38. The Kier molecular flexibility index (Phi) is 3.22. The predicted molar refractivity (Wildman–Crippen MR) is 49.3 cm³/mol. The molecule has 1 aliphatic heterocycles. The molecule has 1 heterocycles. The van der Waals surface area contributed by atoms with Gasteiger partial charge in [0.2, 0.25) is 0 Å². The Labute approximate surface area is 78.7 Å². The molecule has 3 heteroatoms. The molecule has 0 spiro atoms. The Balaban J connectivity index is 2.50. The quantitative estimate of drug-likeness (QED) is 0.482. The van der Waals surface area contributed by atoms with Crippen molar-refractivity contribution < 1.29 is 14.3 Å². The molecule has 0 bridgehead atoms. The highest BCUT2D eigenvalue weighted by atomic mass is 16.7. The van der Waals surface area contributed by atoms with Gasteiger partial charge in [-0.25, -0.2) is 0 Å². The first-order chi connectivity index (χ1) is 6.05. The molecule has 0 unspecified atom stereocenters. The van der Waals surface area contributed by atoms with Crippen molar-refractivity contribution in [2.24, 2.45) is 5.41 Å². The van der Waals surface area contributed by atoms with Gasteiger partial charge in [0.15, 0.2) is 6.29 Å². The maximum atomic E-state index is 10.2. The van der Waals surface area contributed by atoms with E-state index in [4.69, 9.17) is 9.47 Å². The molecule has 1 rings (SSSR count). The van der Waals surface area contributed by atoms with E-state index >= 15 is 0 Å². The second kappa shape index (κ2) is 4.03. The molecule has 74 valence electrons. The van der Waals surface area contributed by atoms with E-state index in [1.54, 1.807) is 0 Å². The summed E-state index contributed by atoms with van der Waals surface area (Å²) in [5.74, 6) is 0. The van der Waals surface area contributed by atoms with Gasteiger partial charge in [-0.1, -0.05) is 13.8 Å². The molecule has 1 aliphatic rings. The lowest BCUT2D eigenvalue weighted by molar-refractivity contribution is -0.202. The average Bonchev–Trinajstić information content (AvgIpc) is 2.04. The van der Waals surface area contributed by atoms with Crippen LogP contribution >= 0.6 is 0 Å². The Morgan fingerprint density at radius 2 is 1.92 bits per heavy atom. The molecule has 0 atom stereocenters. The number of hydrogen-bond acceptors (Lipinski definition) is 3. The molecule has 0 N–H and O–H groups in total. The van der Waals surface area contributed by atoms with E-state index in [-0.39, 0.29) is 11.7 Å². The minimum absolute atomic E-state index is 0.0813. The third kappa shape index (κ3) is 2.94. The van der Waals surface area contributed by atoms with Gasteiger partial charge in [0.1, 0.15) is 6.29 Å². The third-order valence-electron chi connectivity index (χ3n) is 1.95. The molecule has 3 nitrogen and oxygen atoms in total. The number of hydrogen-bond donors (Lipinski definition) is 0. The molecule has 1 fully saturated rings. The highest BCUT2D eigenvalue weighted by molar-refractivity contribution is 5.66. The van der Waals surface area contributed by atoms with Gasteiger partial charge in [0.25, 0.3) is 0 Å². The predicted octanol–water partition coefficient (Wildman–Crippen LogP) is 1.53. The van der Waals surface area contributed by atoms with Gasteiger partial charge >= 0.3 is 0 Å². The zero-order chi connectivity index (χ0) is 9.90. The van der Waals surface area contributed by atoms with Crippen LogP contribution in [0.2, 0.25) is 0 Å². The maximum absolute atomic E-state index is 10.2. The number of allylic oxidation sites excluding steroid dienone is 1. The second-order valence-corrected chi connectivity index (χ2v) is 4.16. The van der Waals surface area contributed by atoms with Crippen LogP contribution in [0.4, 0.5) is 0 Å². The minimum Gasteiger partial charge on any atom is -0.348 e. The van der Waals surface area contributed by atoms with Crippen LogP contribution in [0.1, 0.15) is 20.8 Å². The molecule has 0 radical (unpaired) electrons. The first-order valence-electron chi connectivity index (χ1n) is 4.40. The molecule has 0 aromatic rings. The van der Waals surface area contributed by atoms with E-state index in [0.717, 1.165) is 11.9 Å². The highest BCUT2D eigenvalue weighted by Gasteiger charge is 2.28. The van der Waals surface area contributed by atoms with E-state index in [1.165, 1.54) is 6.08 Å². The fourth-order valence-electron chi connectivity index (χ4n) is 1.14. The summed E-state index contributed by atoms with van der Waals surface area (Å²) in [4.78, 5) is 10.2. The van der Waals surface area contributed by atoms with Gasteiger partial charge in [0, 0.05) is 5.41 Å². The minimum atomic E-state index is -0.335. The number of aldehydes is 1. The van der Waals surface area contributed by atoms with Crippen molar-refractivity contribution in [3.05, 3.63) is 11.6 Å². The van der Waals surface area contributed by atoms with Crippen LogP contribution < -0.4 is 0 Å². The highest BCUT2D eigenvalue weighted by Crippen LogP contribution is 2.25. The number of rotatable bonds is 2. The van der Waals surface area contributed by atoms with E-state index in [9.17, 15) is 4.79 Å².